The van der Waals surface area contributed by atoms with Gasteiger partial charge in [-0.25, -0.2) is 0 Å². The third kappa shape index (κ3) is 4.33. The second-order valence-corrected chi connectivity index (χ2v) is 7.69. The number of rotatable bonds is 7. The summed E-state index contributed by atoms with van der Waals surface area (Å²) >= 11 is 1.47. The SMILES string of the molecule is Cc1noc(C)c1COc1ccc(CC(=O)Nc2nnc(C3CC3)s2)cc1. The first-order valence-electron chi connectivity index (χ1n) is 8.85. The molecular weight excluding hydrogens is 364 g/mol. The Balaban J connectivity index is 1.29. The number of ether oxygens (including phenoxy) is 1. The predicted molar refractivity (Wildman–Crippen MR) is 101 cm³/mol. The van der Waals surface area contributed by atoms with Crippen LogP contribution < -0.4 is 10.1 Å². The number of benzene rings is 1. The smallest absolute Gasteiger partial charge is 0.230 e. The van der Waals surface area contributed by atoms with Crippen molar-refractivity contribution in [1.82, 2.24) is 15.4 Å². The molecule has 8 heteroatoms. The lowest BCUT2D eigenvalue weighted by atomic mass is 10.1. The average Bonchev–Trinajstić information content (AvgIpc) is 3.32. The van der Waals surface area contributed by atoms with E-state index in [0.29, 0.717) is 17.7 Å². The normalized spacial score (nSPS) is 13.6. The van der Waals surface area contributed by atoms with Gasteiger partial charge in [0.05, 0.1) is 17.7 Å². The quantitative estimate of drug-likeness (QED) is 0.667. The molecule has 1 aromatic carbocycles. The molecule has 1 amide bonds. The van der Waals surface area contributed by atoms with Crippen LogP contribution in [0.3, 0.4) is 0 Å². The van der Waals surface area contributed by atoms with Crippen LogP contribution in [0.15, 0.2) is 28.8 Å². The molecule has 2 heterocycles. The van der Waals surface area contributed by atoms with E-state index in [2.05, 4.69) is 20.7 Å². The van der Waals surface area contributed by atoms with Gasteiger partial charge >= 0.3 is 0 Å². The molecule has 1 fully saturated rings. The predicted octanol–water partition coefficient (Wildman–Crippen LogP) is 3.78. The standard InChI is InChI=1S/C19H20N4O3S/c1-11-16(12(2)26-23-11)10-25-15-7-3-13(4-8-15)9-17(24)20-19-22-21-18(27-19)14-5-6-14/h3-4,7-8,14H,5-6,9-10H2,1-2H3,(H,20,22,24). The van der Waals surface area contributed by atoms with Crippen molar-refractivity contribution in [3.63, 3.8) is 0 Å². The van der Waals surface area contributed by atoms with Gasteiger partial charge in [-0.3, -0.25) is 4.79 Å². The van der Waals surface area contributed by atoms with Gasteiger partial charge in [-0.15, -0.1) is 10.2 Å². The maximum atomic E-state index is 12.2. The third-order valence-electron chi connectivity index (χ3n) is 4.47. The van der Waals surface area contributed by atoms with Crippen molar-refractivity contribution in [2.75, 3.05) is 5.32 Å². The summed E-state index contributed by atoms with van der Waals surface area (Å²) in [6.07, 6.45) is 2.63. The monoisotopic (exact) mass is 384 g/mol. The highest BCUT2D eigenvalue weighted by Crippen LogP contribution is 2.42. The minimum Gasteiger partial charge on any atom is -0.489 e. The number of hydrogen-bond donors (Lipinski definition) is 1. The molecule has 1 saturated carbocycles. The second-order valence-electron chi connectivity index (χ2n) is 6.68. The van der Waals surface area contributed by atoms with E-state index in [1.807, 2.05) is 38.1 Å². The van der Waals surface area contributed by atoms with Crippen molar-refractivity contribution in [1.29, 1.82) is 0 Å². The molecule has 2 aromatic heterocycles. The molecule has 3 aromatic rings. The van der Waals surface area contributed by atoms with Gasteiger partial charge in [-0.05, 0) is 44.4 Å². The maximum Gasteiger partial charge on any atom is 0.230 e. The van der Waals surface area contributed by atoms with Gasteiger partial charge in [-0.2, -0.15) is 0 Å². The van der Waals surface area contributed by atoms with Crippen molar-refractivity contribution >= 4 is 22.4 Å². The summed E-state index contributed by atoms with van der Waals surface area (Å²) in [5, 5.41) is 16.5. The highest BCUT2D eigenvalue weighted by Gasteiger charge is 2.27. The molecule has 0 radical (unpaired) electrons. The number of aromatic nitrogens is 3. The minimum absolute atomic E-state index is 0.0992. The molecular formula is C19H20N4O3S. The van der Waals surface area contributed by atoms with Crippen molar-refractivity contribution < 1.29 is 14.1 Å². The molecule has 0 aliphatic heterocycles. The van der Waals surface area contributed by atoms with Crippen LogP contribution in [0, 0.1) is 13.8 Å². The Kier molecular flexibility index (Phi) is 4.89. The van der Waals surface area contributed by atoms with Crippen LogP contribution in [0.1, 0.15) is 46.3 Å². The third-order valence-corrected chi connectivity index (χ3v) is 5.47. The lowest BCUT2D eigenvalue weighted by Gasteiger charge is -2.07. The Hall–Kier alpha value is -2.74. The van der Waals surface area contributed by atoms with Crippen LogP contribution in [0.4, 0.5) is 5.13 Å². The van der Waals surface area contributed by atoms with E-state index < -0.39 is 0 Å². The Bertz CT molecular complexity index is 925. The highest BCUT2D eigenvalue weighted by atomic mass is 32.1. The Labute approximate surface area is 160 Å². The summed E-state index contributed by atoms with van der Waals surface area (Å²) in [6.45, 7) is 4.16. The van der Waals surface area contributed by atoms with Gasteiger partial charge in [0.1, 0.15) is 23.1 Å². The topological polar surface area (TPSA) is 90.1 Å². The summed E-state index contributed by atoms with van der Waals surface area (Å²) < 4.78 is 10.9. The molecule has 0 saturated heterocycles. The number of anilines is 1. The van der Waals surface area contributed by atoms with E-state index >= 15 is 0 Å². The fourth-order valence-corrected chi connectivity index (χ4v) is 3.62. The van der Waals surface area contributed by atoms with E-state index in [1.165, 1.54) is 24.2 Å². The summed E-state index contributed by atoms with van der Waals surface area (Å²) in [5.74, 6) is 1.95. The molecule has 0 unspecified atom stereocenters. The summed E-state index contributed by atoms with van der Waals surface area (Å²) in [7, 11) is 0. The van der Waals surface area contributed by atoms with Crippen molar-refractivity contribution in [3.8, 4) is 5.75 Å². The average molecular weight is 384 g/mol. The number of carbonyl (C=O) groups excluding carboxylic acids is 1. The van der Waals surface area contributed by atoms with Gasteiger partial charge in [0.2, 0.25) is 11.0 Å². The molecule has 140 valence electrons. The number of aryl methyl sites for hydroxylation is 2. The van der Waals surface area contributed by atoms with Crippen molar-refractivity contribution in [3.05, 3.63) is 51.9 Å². The molecule has 7 nitrogen and oxygen atoms in total. The zero-order chi connectivity index (χ0) is 18.8. The van der Waals surface area contributed by atoms with E-state index in [1.54, 1.807) is 0 Å². The molecule has 1 N–H and O–H groups in total. The molecule has 1 aliphatic rings. The second kappa shape index (κ2) is 7.48. The number of nitrogens with one attached hydrogen (secondary N) is 1. The first-order valence-corrected chi connectivity index (χ1v) is 9.67. The first-order chi connectivity index (χ1) is 13.1. The molecule has 0 spiro atoms. The van der Waals surface area contributed by atoms with Crippen molar-refractivity contribution in [2.24, 2.45) is 0 Å². The van der Waals surface area contributed by atoms with Gasteiger partial charge in [0.25, 0.3) is 0 Å². The molecule has 4 rings (SSSR count). The maximum absolute atomic E-state index is 12.2. The first kappa shape index (κ1) is 17.7. The van der Waals surface area contributed by atoms with E-state index in [4.69, 9.17) is 9.26 Å². The van der Waals surface area contributed by atoms with Gasteiger partial charge in [0, 0.05) is 5.92 Å². The molecule has 27 heavy (non-hydrogen) atoms. The number of hydrogen-bond acceptors (Lipinski definition) is 7. The summed E-state index contributed by atoms with van der Waals surface area (Å²) in [4.78, 5) is 12.2. The zero-order valence-electron chi connectivity index (χ0n) is 15.2. The van der Waals surface area contributed by atoms with E-state index in [9.17, 15) is 4.79 Å². The minimum atomic E-state index is -0.0992. The Morgan fingerprint density at radius 2 is 2.04 bits per heavy atom. The van der Waals surface area contributed by atoms with Gasteiger partial charge < -0.3 is 14.6 Å². The van der Waals surface area contributed by atoms with Gasteiger partial charge in [0.15, 0.2) is 0 Å². The number of nitrogens with zero attached hydrogens (tertiary/aromatic N) is 3. The zero-order valence-corrected chi connectivity index (χ0v) is 16.0. The molecule has 0 bridgehead atoms. The lowest BCUT2D eigenvalue weighted by molar-refractivity contribution is -0.115. The van der Waals surface area contributed by atoms with Crippen LogP contribution in [-0.2, 0) is 17.8 Å². The summed E-state index contributed by atoms with van der Waals surface area (Å²) in [6, 6.07) is 7.49. The Morgan fingerprint density at radius 1 is 1.26 bits per heavy atom. The van der Waals surface area contributed by atoms with Crippen LogP contribution in [0.25, 0.3) is 0 Å². The van der Waals surface area contributed by atoms with Crippen LogP contribution in [0.2, 0.25) is 0 Å². The van der Waals surface area contributed by atoms with Crippen LogP contribution in [0.5, 0.6) is 5.75 Å². The lowest BCUT2D eigenvalue weighted by Crippen LogP contribution is -2.14. The largest absolute Gasteiger partial charge is 0.489 e. The fraction of sp³-hybridized carbons (Fsp3) is 0.368. The Morgan fingerprint density at radius 3 is 2.70 bits per heavy atom. The van der Waals surface area contributed by atoms with Gasteiger partial charge in [-0.1, -0.05) is 28.6 Å². The molecule has 0 atom stereocenters. The molecule has 1 aliphatic carbocycles. The number of amides is 1. The van der Waals surface area contributed by atoms with Crippen LogP contribution >= 0.6 is 11.3 Å². The highest BCUT2D eigenvalue weighted by molar-refractivity contribution is 7.15. The van der Waals surface area contributed by atoms with E-state index in [-0.39, 0.29) is 12.3 Å². The fourth-order valence-electron chi connectivity index (χ4n) is 2.70. The van der Waals surface area contributed by atoms with Crippen LogP contribution in [-0.4, -0.2) is 21.3 Å². The van der Waals surface area contributed by atoms with E-state index in [0.717, 1.165) is 33.3 Å². The van der Waals surface area contributed by atoms with Crippen molar-refractivity contribution in [2.45, 2.75) is 45.6 Å². The summed E-state index contributed by atoms with van der Waals surface area (Å²) in [5.41, 5.74) is 2.70. The number of carbonyl (C=O) groups is 1.